The second kappa shape index (κ2) is 5.03. The third-order valence-corrected chi connectivity index (χ3v) is 2.46. The fraction of sp³-hybridized carbons (Fsp3) is 0.333. The molecular formula is C12H16N2S. The monoisotopic (exact) mass is 220 g/mol. The first-order valence-corrected chi connectivity index (χ1v) is 5.28. The van der Waals surface area contributed by atoms with E-state index in [0.29, 0.717) is 0 Å². The Morgan fingerprint density at radius 2 is 2.00 bits per heavy atom. The van der Waals surface area contributed by atoms with Crippen molar-refractivity contribution in [1.29, 1.82) is 0 Å². The third-order valence-electron chi connectivity index (χ3n) is 2.19. The van der Waals surface area contributed by atoms with Crippen molar-refractivity contribution in [3.63, 3.8) is 0 Å². The van der Waals surface area contributed by atoms with Gasteiger partial charge in [-0.15, -0.1) is 0 Å². The maximum atomic E-state index is 5.03. The SMILES string of the molecule is CC(=S)N(C)/N=C(\C)c1cccc(C)c1. The van der Waals surface area contributed by atoms with Crippen LogP contribution >= 0.6 is 12.2 Å². The van der Waals surface area contributed by atoms with Crippen molar-refractivity contribution in [3.05, 3.63) is 35.4 Å². The van der Waals surface area contributed by atoms with E-state index in [1.165, 1.54) is 5.56 Å². The Bertz CT molecular complexity index is 396. The first-order valence-electron chi connectivity index (χ1n) is 4.87. The summed E-state index contributed by atoms with van der Waals surface area (Å²) in [5.41, 5.74) is 3.35. The van der Waals surface area contributed by atoms with Crippen LogP contribution in [0.5, 0.6) is 0 Å². The standard InChI is InChI=1S/C12H16N2S/c1-9-6-5-7-12(8-9)10(2)13-14(4)11(3)15/h5-8H,1-4H3/b13-10+. The minimum atomic E-state index is 0.766. The van der Waals surface area contributed by atoms with Crippen LogP contribution in [-0.4, -0.2) is 22.8 Å². The van der Waals surface area contributed by atoms with Crippen LogP contribution in [0, 0.1) is 6.92 Å². The highest BCUT2D eigenvalue weighted by molar-refractivity contribution is 7.80. The molecule has 1 aromatic rings. The van der Waals surface area contributed by atoms with Crippen LogP contribution in [-0.2, 0) is 0 Å². The lowest BCUT2D eigenvalue weighted by Gasteiger charge is -2.12. The van der Waals surface area contributed by atoms with Crippen molar-refractivity contribution in [3.8, 4) is 0 Å². The molecule has 0 unspecified atom stereocenters. The van der Waals surface area contributed by atoms with E-state index in [4.69, 9.17) is 12.2 Å². The molecule has 0 saturated heterocycles. The van der Waals surface area contributed by atoms with Gasteiger partial charge in [0.05, 0.1) is 10.7 Å². The highest BCUT2D eigenvalue weighted by Crippen LogP contribution is 2.06. The highest BCUT2D eigenvalue weighted by atomic mass is 32.1. The zero-order chi connectivity index (χ0) is 11.4. The van der Waals surface area contributed by atoms with Gasteiger partial charge in [-0.2, -0.15) is 5.10 Å². The van der Waals surface area contributed by atoms with Crippen LogP contribution in [0.4, 0.5) is 0 Å². The van der Waals surface area contributed by atoms with E-state index >= 15 is 0 Å². The molecule has 0 aliphatic carbocycles. The fourth-order valence-electron chi connectivity index (χ4n) is 1.22. The van der Waals surface area contributed by atoms with E-state index in [0.717, 1.165) is 16.3 Å². The average Bonchev–Trinajstić information content (AvgIpc) is 2.17. The minimum absolute atomic E-state index is 0.766. The van der Waals surface area contributed by atoms with Gasteiger partial charge in [0.15, 0.2) is 0 Å². The molecule has 0 aliphatic rings. The molecule has 0 fully saturated rings. The van der Waals surface area contributed by atoms with E-state index in [2.05, 4.69) is 30.2 Å². The van der Waals surface area contributed by atoms with Gasteiger partial charge < -0.3 is 0 Å². The number of hydrazone groups is 1. The second-order valence-corrected chi connectivity index (χ2v) is 4.19. The number of hydrogen-bond acceptors (Lipinski definition) is 2. The summed E-state index contributed by atoms with van der Waals surface area (Å²) in [4.78, 5) is 0.766. The summed E-state index contributed by atoms with van der Waals surface area (Å²) < 4.78 is 0. The molecule has 0 saturated carbocycles. The molecule has 0 spiro atoms. The van der Waals surface area contributed by atoms with Gasteiger partial charge in [-0.05, 0) is 26.3 Å². The third kappa shape index (κ3) is 3.44. The molecule has 2 nitrogen and oxygen atoms in total. The highest BCUT2D eigenvalue weighted by Gasteiger charge is 2.00. The Balaban J connectivity index is 2.93. The number of aryl methyl sites for hydroxylation is 1. The normalized spacial score (nSPS) is 11.3. The molecule has 1 aromatic carbocycles. The molecule has 0 N–H and O–H groups in total. The summed E-state index contributed by atoms with van der Waals surface area (Å²) >= 11 is 5.03. The lowest BCUT2D eigenvalue weighted by Crippen LogP contribution is -2.17. The van der Waals surface area contributed by atoms with Gasteiger partial charge in [-0.25, -0.2) is 0 Å². The van der Waals surface area contributed by atoms with E-state index in [-0.39, 0.29) is 0 Å². The Morgan fingerprint density at radius 1 is 1.33 bits per heavy atom. The van der Waals surface area contributed by atoms with Crippen LogP contribution in [0.3, 0.4) is 0 Å². The van der Waals surface area contributed by atoms with Crippen molar-refractivity contribution >= 4 is 22.9 Å². The quantitative estimate of drug-likeness (QED) is 0.432. The summed E-state index contributed by atoms with van der Waals surface area (Å²) in [5, 5.41) is 6.11. The number of thiocarbonyl (C=S) groups is 1. The Hall–Kier alpha value is -1.22. The van der Waals surface area contributed by atoms with Gasteiger partial charge in [0.1, 0.15) is 0 Å². The zero-order valence-corrected chi connectivity index (χ0v) is 10.4. The lowest BCUT2D eigenvalue weighted by atomic mass is 10.1. The molecule has 0 amide bonds. The van der Waals surface area contributed by atoms with Gasteiger partial charge in [-0.3, -0.25) is 5.01 Å². The molecule has 0 atom stereocenters. The van der Waals surface area contributed by atoms with Crippen LogP contribution < -0.4 is 0 Å². The average molecular weight is 220 g/mol. The fourth-order valence-corrected chi connectivity index (χ4v) is 1.26. The molecule has 0 bridgehead atoms. The summed E-state index contributed by atoms with van der Waals surface area (Å²) in [6.07, 6.45) is 0. The van der Waals surface area contributed by atoms with Gasteiger partial charge in [0.2, 0.25) is 0 Å². The van der Waals surface area contributed by atoms with E-state index in [1.807, 2.05) is 27.0 Å². The molecule has 80 valence electrons. The van der Waals surface area contributed by atoms with Gasteiger partial charge in [0.25, 0.3) is 0 Å². The summed E-state index contributed by atoms with van der Waals surface area (Å²) in [7, 11) is 1.86. The van der Waals surface area contributed by atoms with Crippen molar-refractivity contribution in [2.24, 2.45) is 5.10 Å². The number of hydrogen-bond donors (Lipinski definition) is 0. The molecule has 0 aromatic heterocycles. The minimum Gasteiger partial charge on any atom is -0.262 e. The van der Waals surface area contributed by atoms with Crippen molar-refractivity contribution in [1.82, 2.24) is 5.01 Å². The van der Waals surface area contributed by atoms with Gasteiger partial charge in [-0.1, -0.05) is 42.0 Å². The van der Waals surface area contributed by atoms with Crippen LogP contribution in [0.25, 0.3) is 0 Å². The van der Waals surface area contributed by atoms with Gasteiger partial charge in [0, 0.05) is 7.05 Å². The molecule has 3 heteroatoms. The molecule has 0 aliphatic heterocycles. The Morgan fingerprint density at radius 3 is 2.53 bits per heavy atom. The maximum absolute atomic E-state index is 5.03. The van der Waals surface area contributed by atoms with Crippen LogP contribution in [0.15, 0.2) is 29.4 Å². The summed E-state index contributed by atoms with van der Waals surface area (Å²) in [6, 6.07) is 8.28. The summed E-state index contributed by atoms with van der Waals surface area (Å²) in [5.74, 6) is 0. The number of nitrogens with zero attached hydrogens (tertiary/aromatic N) is 2. The molecule has 0 radical (unpaired) electrons. The topological polar surface area (TPSA) is 15.6 Å². The largest absolute Gasteiger partial charge is 0.262 e. The van der Waals surface area contributed by atoms with Gasteiger partial charge >= 0.3 is 0 Å². The molecule has 1 rings (SSSR count). The zero-order valence-electron chi connectivity index (χ0n) is 9.61. The predicted molar refractivity (Wildman–Crippen MR) is 69.4 cm³/mol. The van der Waals surface area contributed by atoms with E-state index in [1.54, 1.807) is 5.01 Å². The Labute approximate surface area is 96.6 Å². The maximum Gasteiger partial charge on any atom is 0.0959 e. The first-order chi connectivity index (χ1) is 7.00. The van der Waals surface area contributed by atoms with Crippen molar-refractivity contribution in [2.75, 3.05) is 7.05 Å². The first kappa shape index (κ1) is 11.9. The number of benzene rings is 1. The summed E-state index contributed by atoms with van der Waals surface area (Å²) in [6.45, 7) is 5.93. The predicted octanol–water partition coefficient (Wildman–Crippen LogP) is 3.00. The van der Waals surface area contributed by atoms with E-state index in [9.17, 15) is 0 Å². The van der Waals surface area contributed by atoms with Crippen molar-refractivity contribution in [2.45, 2.75) is 20.8 Å². The van der Waals surface area contributed by atoms with Crippen molar-refractivity contribution < 1.29 is 0 Å². The second-order valence-electron chi connectivity index (χ2n) is 3.60. The molecular weight excluding hydrogens is 204 g/mol. The Kier molecular flexibility index (Phi) is 3.97. The molecule has 15 heavy (non-hydrogen) atoms. The van der Waals surface area contributed by atoms with E-state index < -0.39 is 0 Å². The van der Waals surface area contributed by atoms with Crippen LogP contribution in [0.2, 0.25) is 0 Å². The smallest absolute Gasteiger partial charge is 0.0959 e. The molecule has 0 heterocycles. The lowest BCUT2D eigenvalue weighted by molar-refractivity contribution is 0.551. The number of rotatable bonds is 2. The van der Waals surface area contributed by atoms with Crippen LogP contribution in [0.1, 0.15) is 25.0 Å².